The molecule has 0 spiro atoms. The number of para-hydroxylation sites is 2. The second-order valence-electron chi connectivity index (χ2n) is 4.28. The Morgan fingerprint density at radius 2 is 1.50 bits per heavy atom. The summed E-state index contributed by atoms with van der Waals surface area (Å²) in [6.07, 6.45) is 0. The molecule has 0 radical (unpaired) electrons. The van der Waals surface area contributed by atoms with Crippen molar-refractivity contribution in [2.45, 2.75) is 12.8 Å². The van der Waals surface area contributed by atoms with E-state index in [1.807, 2.05) is 54.6 Å². The fourth-order valence-electron chi connectivity index (χ4n) is 1.67. The van der Waals surface area contributed by atoms with E-state index < -0.39 is 11.9 Å². The standard InChI is InChI=1S/C9H10O2.C6H5N3/c1-7(9(10)11)8-5-3-2-4-6-8;1-2-4-6-5(3-1)7-9-8-6/h2-7H,1H3,(H,10,11);1-4H,(H,7,8,9). The third kappa shape index (κ3) is 3.41. The molecule has 1 heterocycles. The lowest BCUT2D eigenvalue weighted by Crippen LogP contribution is -2.06. The molecule has 0 amide bonds. The summed E-state index contributed by atoms with van der Waals surface area (Å²) in [5, 5.41) is 18.9. The van der Waals surface area contributed by atoms with Gasteiger partial charge in [0.1, 0.15) is 11.0 Å². The lowest BCUT2D eigenvalue weighted by atomic mass is 10.0. The molecule has 2 aromatic carbocycles. The van der Waals surface area contributed by atoms with E-state index in [1.165, 1.54) is 0 Å². The van der Waals surface area contributed by atoms with Gasteiger partial charge in [-0.3, -0.25) is 4.79 Å². The maximum absolute atomic E-state index is 10.5. The molecular formula is C15H15N3O2. The number of nitrogens with one attached hydrogen (secondary N) is 1. The third-order valence-electron chi connectivity index (χ3n) is 2.89. The van der Waals surface area contributed by atoms with Gasteiger partial charge in [-0.2, -0.15) is 15.4 Å². The third-order valence-corrected chi connectivity index (χ3v) is 2.89. The van der Waals surface area contributed by atoms with Crippen molar-refractivity contribution < 1.29 is 9.90 Å². The molecule has 3 rings (SSSR count). The Morgan fingerprint density at radius 3 is 2.00 bits per heavy atom. The van der Waals surface area contributed by atoms with Crippen LogP contribution in [0.2, 0.25) is 0 Å². The van der Waals surface area contributed by atoms with Crippen LogP contribution in [-0.4, -0.2) is 26.5 Å². The highest BCUT2D eigenvalue weighted by molar-refractivity contribution is 5.75. The van der Waals surface area contributed by atoms with Gasteiger partial charge in [-0.25, -0.2) is 0 Å². The summed E-state index contributed by atoms with van der Waals surface area (Å²) in [6.45, 7) is 1.68. The predicted octanol–water partition coefficient (Wildman–Crippen LogP) is 2.83. The van der Waals surface area contributed by atoms with Gasteiger partial charge in [-0.1, -0.05) is 42.5 Å². The molecule has 2 N–H and O–H groups in total. The Kier molecular flexibility index (Phi) is 4.44. The number of carbonyl (C=O) groups is 1. The van der Waals surface area contributed by atoms with Gasteiger partial charge in [-0.05, 0) is 24.6 Å². The van der Waals surface area contributed by atoms with Crippen LogP contribution in [0.4, 0.5) is 0 Å². The van der Waals surface area contributed by atoms with E-state index in [-0.39, 0.29) is 0 Å². The lowest BCUT2D eigenvalue weighted by Gasteiger charge is -2.04. The van der Waals surface area contributed by atoms with E-state index in [4.69, 9.17) is 5.11 Å². The topological polar surface area (TPSA) is 78.9 Å². The molecular weight excluding hydrogens is 254 g/mol. The number of benzene rings is 2. The molecule has 0 saturated carbocycles. The molecule has 1 aromatic heterocycles. The maximum atomic E-state index is 10.5. The number of fused-ring (bicyclic) bond motifs is 1. The fraction of sp³-hybridized carbons (Fsp3) is 0.133. The van der Waals surface area contributed by atoms with Crippen molar-refractivity contribution in [3.63, 3.8) is 0 Å². The van der Waals surface area contributed by atoms with Crippen molar-refractivity contribution in [2.24, 2.45) is 0 Å². The Balaban J connectivity index is 0.000000149. The van der Waals surface area contributed by atoms with Crippen LogP contribution < -0.4 is 0 Å². The van der Waals surface area contributed by atoms with Crippen molar-refractivity contribution in [2.75, 3.05) is 0 Å². The smallest absolute Gasteiger partial charge is 0.310 e. The first-order valence-electron chi connectivity index (χ1n) is 6.21. The van der Waals surface area contributed by atoms with Crippen LogP contribution in [0.25, 0.3) is 11.0 Å². The molecule has 3 aromatic rings. The molecule has 5 heteroatoms. The molecule has 0 aliphatic rings. The van der Waals surface area contributed by atoms with Crippen LogP contribution in [0.15, 0.2) is 54.6 Å². The fourth-order valence-corrected chi connectivity index (χ4v) is 1.67. The van der Waals surface area contributed by atoms with E-state index in [0.29, 0.717) is 0 Å². The number of carboxylic acid groups (broad SMARTS) is 1. The molecule has 1 atom stereocenters. The van der Waals surface area contributed by atoms with Gasteiger partial charge in [-0.15, -0.1) is 0 Å². The van der Waals surface area contributed by atoms with Crippen LogP contribution in [0.1, 0.15) is 18.4 Å². The van der Waals surface area contributed by atoms with Gasteiger partial charge < -0.3 is 5.11 Å². The molecule has 0 fully saturated rings. The number of hydrogen-bond acceptors (Lipinski definition) is 3. The second kappa shape index (κ2) is 6.47. The first kappa shape index (κ1) is 13.7. The minimum atomic E-state index is -0.781. The number of nitrogens with zero attached hydrogens (tertiary/aromatic N) is 2. The SMILES string of the molecule is CC(C(=O)O)c1ccccc1.c1ccc2n[nH]nc2c1. The van der Waals surface area contributed by atoms with Gasteiger partial charge in [0.2, 0.25) is 0 Å². The van der Waals surface area contributed by atoms with Gasteiger partial charge in [0, 0.05) is 0 Å². The van der Waals surface area contributed by atoms with Crippen LogP contribution in [0.3, 0.4) is 0 Å². The Labute approximate surface area is 116 Å². The number of H-pyrrole nitrogens is 1. The van der Waals surface area contributed by atoms with Gasteiger partial charge >= 0.3 is 5.97 Å². The molecule has 20 heavy (non-hydrogen) atoms. The summed E-state index contributed by atoms with van der Waals surface area (Å²) < 4.78 is 0. The van der Waals surface area contributed by atoms with E-state index in [9.17, 15) is 4.79 Å². The van der Waals surface area contributed by atoms with E-state index >= 15 is 0 Å². The van der Waals surface area contributed by atoms with Crippen molar-refractivity contribution in [3.05, 3.63) is 60.2 Å². The maximum Gasteiger partial charge on any atom is 0.310 e. The number of carboxylic acids is 1. The zero-order valence-electron chi connectivity index (χ0n) is 11.0. The second-order valence-corrected chi connectivity index (χ2v) is 4.28. The van der Waals surface area contributed by atoms with Gasteiger partial charge in [0.05, 0.1) is 5.92 Å². The highest BCUT2D eigenvalue weighted by atomic mass is 16.4. The van der Waals surface area contributed by atoms with Crippen LogP contribution in [0, 0.1) is 0 Å². The largest absolute Gasteiger partial charge is 0.481 e. The Bertz CT molecular complexity index is 649. The summed E-state index contributed by atoms with van der Waals surface area (Å²) >= 11 is 0. The van der Waals surface area contributed by atoms with Crippen LogP contribution in [0.5, 0.6) is 0 Å². The number of aliphatic carboxylic acids is 1. The van der Waals surface area contributed by atoms with Crippen molar-refractivity contribution in [1.82, 2.24) is 15.4 Å². The molecule has 5 nitrogen and oxygen atoms in total. The van der Waals surface area contributed by atoms with Crippen LogP contribution >= 0.6 is 0 Å². The molecule has 102 valence electrons. The summed E-state index contributed by atoms with van der Waals surface area (Å²) in [4.78, 5) is 10.5. The molecule has 0 bridgehead atoms. The van der Waals surface area contributed by atoms with Gasteiger partial charge in [0.25, 0.3) is 0 Å². The van der Waals surface area contributed by atoms with E-state index in [0.717, 1.165) is 16.6 Å². The molecule has 0 aliphatic carbocycles. The lowest BCUT2D eigenvalue weighted by molar-refractivity contribution is -0.138. The highest BCUT2D eigenvalue weighted by Crippen LogP contribution is 2.13. The number of hydrogen-bond donors (Lipinski definition) is 2. The zero-order valence-corrected chi connectivity index (χ0v) is 11.0. The number of aromatic nitrogens is 3. The average Bonchev–Trinajstić information content (AvgIpc) is 2.96. The molecule has 1 unspecified atom stereocenters. The first-order chi connectivity index (χ1) is 9.68. The van der Waals surface area contributed by atoms with E-state index in [2.05, 4.69) is 15.4 Å². The highest BCUT2D eigenvalue weighted by Gasteiger charge is 2.11. The minimum Gasteiger partial charge on any atom is -0.481 e. The van der Waals surface area contributed by atoms with Crippen molar-refractivity contribution in [3.8, 4) is 0 Å². The zero-order chi connectivity index (χ0) is 14.4. The summed E-state index contributed by atoms with van der Waals surface area (Å²) in [5.74, 6) is -1.19. The number of rotatable bonds is 2. The monoisotopic (exact) mass is 269 g/mol. The Hall–Kier alpha value is -2.69. The normalized spacial score (nSPS) is 11.4. The first-order valence-corrected chi connectivity index (χ1v) is 6.21. The van der Waals surface area contributed by atoms with Crippen LogP contribution in [-0.2, 0) is 4.79 Å². The van der Waals surface area contributed by atoms with Crippen molar-refractivity contribution >= 4 is 17.0 Å². The summed E-state index contributed by atoms with van der Waals surface area (Å²) in [7, 11) is 0. The molecule has 0 saturated heterocycles. The Morgan fingerprint density at radius 1 is 1.00 bits per heavy atom. The summed E-state index contributed by atoms with van der Waals surface area (Å²) in [5.41, 5.74) is 2.68. The van der Waals surface area contributed by atoms with E-state index in [1.54, 1.807) is 6.92 Å². The summed E-state index contributed by atoms with van der Waals surface area (Å²) in [6, 6.07) is 16.9. The molecule has 0 aliphatic heterocycles. The minimum absolute atomic E-state index is 0.406. The van der Waals surface area contributed by atoms with Gasteiger partial charge in [0.15, 0.2) is 0 Å². The van der Waals surface area contributed by atoms with Crippen molar-refractivity contribution in [1.29, 1.82) is 0 Å². The quantitative estimate of drug-likeness (QED) is 0.749. The average molecular weight is 269 g/mol. The predicted molar refractivity (Wildman–Crippen MR) is 76.4 cm³/mol. The number of aromatic amines is 1.